The number of amides is 2. The molecule has 0 bridgehead atoms. The van der Waals surface area contributed by atoms with Crippen LogP contribution in [0.2, 0.25) is 0 Å². The smallest absolute Gasteiger partial charge is 0.416 e. The second kappa shape index (κ2) is 11.6. The van der Waals surface area contributed by atoms with Crippen molar-refractivity contribution in [3.8, 4) is 11.5 Å². The molecule has 2 heterocycles. The van der Waals surface area contributed by atoms with E-state index in [1.807, 2.05) is 35.2 Å². The number of alkyl halides is 3. The number of fused-ring (bicyclic) bond motifs is 1. The molecule has 9 nitrogen and oxygen atoms in total. The van der Waals surface area contributed by atoms with Crippen LogP contribution in [0.25, 0.3) is 22.6 Å². The SMILES string of the molecule is COC(=O)[C@@H](c1ccccc1)N1CCN(C(=O)c2cccc(-c3nc4cc(C(F)(F)F)ccc4o3)c2)[C@@H](CC(N)=O)C1. The lowest BCUT2D eigenvalue weighted by molar-refractivity contribution is -0.148. The Kier molecular flexibility index (Phi) is 7.99. The van der Waals surface area contributed by atoms with E-state index in [2.05, 4.69) is 4.98 Å². The van der Waals surface area contributed by atoms with Crippen LogP contribution in [-0.4, -0.2) is 65.4 Å². The van der Waals surface area contributed by atoms with Crippen molar-refractivity contribution in [3.63, 3.8) is 0 Å². The number of hydrogen-bond acceptors (Lipinski definition) is 7. The molecule has 0 unspecified atom stereocenters. The molecule has 1 aliphatic heterocycles. The molecular formula is C30H27F3N4O5. The highest BCUT2D eigenvalue weighted by molar-refractivity contribution is 5.96. The molecule has 1 aromatic heterocycles. The largest absolute Gasteiger partial charge is 0.468 e. The minimum atomic E-state index is -4.52. The fourth-order valence-corrected chi connectivity index (χ4v) is 5.21. The van der Waals surface area contributed by atoms with E-state index in [0.29, 0.717) is 12.1 Å². The summed E-state index contributed by atoms with van der Waals surface area (Å²) in [5.41, 5.74) is 6.28. The Morgan fingerprint density at radius 1 is 1.05 bits per heavy atom. The number of ether oxygens (including phenoxy) is 1. The lowest BCUT2D eigenvalue weighted by Crippen LogP contribution is -2.57. The van der Waals surface area contributed by atoms with Gasteiger partial charge >= 0.3 is 12.1 Å². The molecule has 0 aliphatic carbocycles. The number of aromatic nitrogens is 1. The number of piperazine rings is 1. The first kappa shape index (κ1) is 28.8. The van der Waals surface area contributed by atoms with Gasteiger partial charge < -0.3 is 19.8 Å². The van der Waals surface area contributed by atoms with E-state index in [-0.39, 0.29) is 48.0 Å². The summed E-state index contributed by atoms with van der Waals surface area (Å²) in [4.78, 5) is 46.1. The molecule has 0 radical (unpaired) electrons. The maximum atomic E-state index is 13.7. The quantitative estimate of drug-likeness (QED) is 0.321. The van der Waals surface area contributed by atoms with E-state index >= 15 is 0 Å². The third-order valence-electron chi connectivity index (χ3n) is 7.19. The Balaban J connectivity index is 1.41. The van der Waals surface area contributed by atoms with Crippen molar-refractivity contribution in [1.29, 1.82) is 0 Å². The molecule has 42 heavy (non-hydrogen) atoms. The fraction of sp³-hybridized carbons (Fsp3) is 0.267. The molecule has 1 saturated heterocycles. The van der Waals surface area contributed by atoms with Crippen molar-refractivity contribution in [2.75, 3.05) is 26.7 Å². The van der Waals surface area contributed by atoms with Crippen LogP contribution in [0.15, 0.2) is 77.2 Å². The Labute approximate surface area is 238 Å². The summed E-state index contributed by atoms with van der Waals surface area (Å²) < 4.78 is 50.1. The first-order chi connectivity index (χ1) is 20.0. The second-order valence-electron chi connectivity index (χ2n) is 9.93. The minimum absolute atomic E-state index is 0.0350. The first-order valence-corrected chi connectivity index (χ1v) is 13.1. The van der Waals surface area contributed by atoms with Crippen LogP contribution in [0.1, 0.15) is 33.9 Å². The van der Waals surface area contributed by atoms with E-state index in [0.717, 1.165) is 17.7 Å². The number of nitrogens with zero attached hydrogens (tertiary/aromatic N) is 3. The highest BCUT2D eigenvalue weighted by atomic mass is 19.4. The van der Waals surface area contributed by atoms with E-state index in [9.17, 15) is 27.6 Å². The molecule has 2 N–H and O–H groups in total. The fourth-order valence-electron chi connectivity index (χ4n) is 5.21. The molecule has 0 spiro atoms. The third kappa shape index (κ3) is 5.98. The van der Waals surface area contributed by atoms with Gasteiger partial charge in [-0.15, -0.1) is 0 Å². The summed E-state index contributed by atoms with van der Waals surface area (Å²) in [6, 6.07) is 17.1. The molecule has 4 aromatic rings. The van der Waals surface area contributed by atoms with Crippen molar-refractivity contribution >= 4 is 28.9 Å². The number of carbonyl (C=O) groups excluding carboxylic acids is 3. The number of benzene rings is 3. The number of esters is 1. The Hall–Kier alpha value is -4.71. The molecule has 2 amide bonds. The summed E-state index contributed by atoms with van der Waals surface area (Å²) in [5.74, 6) is -1.39. The monoisotopic (exact) mass is 580 g/mol. The Morgan fingerprint density at radius 2 is 1.81 bits per heavy atom. The van der Waals surface area contributed by atoms with Crippen molar-refractivity contribution in [1.82, 2.24) is 14.8 Å². The zero-order valence-electron chi connectivity index (χ0n) is 22.5. The molecule has 3 aromatic carbocycles. The topological polar surface area (TPSA) is 119 Å². The van der Waals surface area contributed by atoms with E-state index in [1.54, 1.807) is 23.1 Å². The first-order valence-electron chi connectivity index (χ1n) is 13.1. The van der Waals surface area contributed by atoms with Gasteiger partial charge in [-0.2, -0.15) is 13.2 Å². The molecule has 0 saturated carbocycles. The summed E-state index contributed by atoms with van der Waals surface area (Å²) >= 11 is 0. The number of methoxy groups -OCH3 is 1. The van der Waals surface area contributed by atoms with E-state index < -0.39 is 35.7 Å². The van der Waals surface area contributed by atoms with Crippen LogP contribution in [0, 0.1) is 0 Å². The predicted molar refractivity (Wildman–Crippen MR) is 146 cm³/mol. The second-order valence-corrected chi connectivity index (χ2v) is 9.93. The Morgan fingerprint density at radius 3 is 2.50 bits per heavy atom. The van der Waals surface area contributed by atoms with Gasteiger partial charge in [-0.25, -0.2) is 9.78 Å². The minimum Gasteiger partial charge on any atom is -0.468 e. The van der Waals surface area contributed by atoms with Crippen LogP contribution < -0.4 is 5.73 Å². The number of halogens is 3. The highest BCUT2D eigenvalue weighted by Crippen LogP contribution is 2.33. The molecule has 1 aliphatic rings. The van der Waals surface area contributed by atoms with Gasteiger partial charge in [-0.1, -0.05) is 36.4 Å². The van der Waals surface area contributed by atoms with Gasteiger partial charge in [0.2, 0.25) is 11.8 Å². The van der Waals surface area contributed by atoms with Crippen molar-refractivity contribution < 1.29 is 36.7 Å². The summed E-state index contributed by atoms with van der Waals surface area (Å²) in [7, 11) is 1.30. The standard InChI is InChI=1S/C30H27F3N4O5/c1-41-29(40)26(18-6-3-2-4-7-18)36-12-13-37(22(17-36)16-25(34)38)28(39)20-9-5-8-19(14-20)27-35-23-15-21(30(31,32)33)10-11-24(23)42-27/h2-11,14-15,22,26H,12-13,16-17H2,1H3,(H2,34,38)/t22-,26+/m0/s1. The van der Waals surface area contributed by atoms with Gasteiger partial charge in [0, 0.05) is 37.2 Å². The van der Waals surface area contributed by atoms with Gasteiger partial charge in [0.25, 0.3) is 5.91 Å². The number of nitrogens with two attached hydrogens (primary N) is 1. The molecular weight excluding hydrogens is 553 g/mol. The van der Waals surface area contributed by atoms with Crippen molar-refractivity contribution in [2.45, 2.75) is 24.7 Å². The van der Waals surface area contributed by atoms with Crippen LogP contribution >= 0.6 is 0 Å². The summed E-state index contributed by atoms with van der Waals surface area (Å²) in [5, 5.41) is 0. The average Bonchev–Trinajstić information content (AvgIpc) is 3.41. The summed E-state index contributed by atoms with van der Waals surface area (Å²) in [6.07, 6.45) is -4.65. The van der Waals surface area contributed by atoms with Gasteiger partial charge in [-0.05, 0) is 42.0 Å². The molecule has 5 rings (SSSR count). The van der Waals surface area contributed by atoms with Crippen molar-refractivity contribution in [3.05, 3.63) is 89.5 Å². The molecule has 218 valence electrons. The van der Waals surface area contributed by atoms with Crippen LogP contribution in [-0.2, 0) is 20.5 Å². The maximum Gasteiger partial charge on any atom is 0.416 e. The normalized spacial score (nSPS) is 16.8. The van der Waals surface area contributed by atoms with Gasteiger partial charge in [-0.3, -0.25) is 14.5 Å². The number of rotatable bonds is 7. The maximum absolute atomic E-state index is 13.7. The predicted octanol–water partition coefficient (Wildman–Crippen LogP) is 4.43. The zero-order chi connectivity index (χ0) is 30.0. The summed E-state index contributed by atoms with van der Waals surface area (Å²) in [6.45, 7) is 0.710. The van der Waals surface area contributed by atoms with Gasteiger partial charge in [0.1, 0.15) is 11.6 Å². The molecule has 1 fully saturated rings. The lowest BCUT2D eigenvalue weighted by atomic mass is 10.00. The van der Waals surface area contributed by atoms with Gasteiger partial charge in [0.15, 0.2) is 5.58 Å². The lowest BCUT2D eigenvalue weighted by Gasteiger charge is -2.43. The van der Waals surface area contributed by atoms with Crippen LogP contribution in [0.4, 0.5) is 13.2 Å². The average molecular weight is 581 g/mol. The van der Waals surface area contributed by atoms with Crippen molar-refractivity contribution in [2.24, 2.45) is 5.73 Å². The molecule has 2 atom stereocenters. The van der Waals surface area contributed by atoms with Crippen LogP contribution in [0.3, 0.4) is 0 Å². The van der Waals surface area contributed by atoms with E-state index in [1.165, 1.54) is 19.2 Å². The number of primary amides is 1. The Bertz CT molecular complexity index is 1620. The van der Waals surface area contributed by atoms with Gasteiger partial charge in [0.05, 0.1) is 18.7 Å². The van der Waals surface area contributed by atoms with E-state index in [4.69, 9.17) is 14.9 Å². The molecule has 12 heteroatoms. The van der Waals surface area contributed by atoms with Crippen LogP contribution in [0.5, 0.6) is 0 Å². The highest BCUT2D eigenvalue weighted by Gasteiger charge is 2.38. The zero-order valence-corrected chi connectivity index (χ0v) is 22.5. The number of hydrogen-bond donors (Lipinski definition) is 1. The number of carbonyl (C=O) groups is 3. The third-order valence-corrected chi connectivity index (χ3v) is 7.19. The number of oxazole rings is 1.